The molecule has 1 fully saturated rings. The molecule has 21 heavy (non-hydrogen) atoms. The van der Waals surface area contributed by atoms with Gasteiger partial charge in [-0.1, -0.05) is 6.92 Å². The summed E-state index contributed by atoms with van der Waals surface area (Å²) < 4.78 is 2.89. The van der Waals surface area contributed by atoms with Crippen molar-refractivity contribution >= 4 is 27.5 Å². The number of halogens is 1. The van der Waals surface area contributed by atoms with Crippen LogP contribution in [0, 0.1) is 19.8 Å². The summed E-state index contributed by atoms with van der Waals surface area (Å²) in [6, 6.07) is 2.03. The van der Waals surface area contributed by atoms with Gasteiger partial charge < -0.3 is 4.90 Å². The van der Waals surface area contributed by atoms with Crippen LogP contribution in [0.3, 0.4) is 0 Å². The van der Waals surface area contributed by atoms with Crippen molar-refractivity contribution in [2.24, 2.45) is 5.92 Å². The molecule has 5 heteroatoms. The summed E-state index contributed by atoms with van der Waals surface area (Å²) in [5, 5.41) is 0. The molecular weight excluding hydrogens is 330 g/mol. The van der Waals surface area contributed by atoms with Crippen molar-refractivity contribution in [3.05, 3.63) is 33.7 Å². The van der Waals surface area contributed by atoms with E-state index in [9.17, 15) is 4.79 Å². The molecule has 0 bridgehead atoms. The Labute approximate surface area is 133 Å². The molecule has 0 saturated carbocycles. The molecule has 0 spiro atoms. The van der Waals surface area contributed by atoms with Crippen LogP contribution in [-0.2, 0) is 0 Å². The third-order valence-corrected chi connectivity index (χ3v) is 4.75. The van der Waals surface area contributed by atoms with Crippen molar-refractivity contribution in [1.29, 1.82) is 0 Å². The highest BCUT2D eigenvalue weighted by molar-refractivity contribution is 9.10. The van der Waals surface area contributed by atoms with Crippen LogP contribution < -0.4 is 0 Å². The topological polar surface area (TPSA) is 37.6 Å². The van der Waals surface area contributed by atoms with E-state index < -0.39 is 0 Å². The number of amides is 1. The van der Waals surface area contributed by atoms with Gasteiger partial charge in [0.2, 0.25) is 0 Å². The SMILES string of the molecule is Cc1nc2c(C)cc(Br)cn2c1C(=O)N1CCC(C)CC1. The van der Waals surface area contributed by atoms with E-state index >= 15 is 0 Å². The normalized spacial score (nSPS) is 16.7. The largest absolute Gasteiger partial charge is 0.337 e. The Morgan fingerprint density at radius 1 is 1.33 bits per heavy atom. The maximum atomic E-state index is 12.9. The molecule has 2 aromatic rings. The van der Waals surface area contributed by atoms with Gasteiger partial charge in [0, 0.05) is 23.8 Å². The van der Waals surface area contributed by atoms with Gasteiger partial charge in [0.05, 0.1) is 5.69 Å². The quantitative estimate of drug-likeness (QED) is 0.788. The lowest BCUT2D eigenvalue weighted by Crippen LogP contribution is -2.38. The summed E-state index contributed by atoms with van der Waals surface area (Å²) in [6.45, 7) is 7.88. The Morgan fingerprint density at radius 2 is 2.00 bits per heavy atom. The van der Waals surface area contributed by atoms with Crippen LogP contribution in [0.4, 0.5) is 0 Å². The monoisotopic (exact) mass is 349 g/mol. The number of pyridine rings is 1. The van der Waals surface area contributed by atoms with Crippen molar-refractivity contribution < 1.29 is 4.79 Å². The number of fused-ring (bicyclic) bond motifs is 1. The summed E-state index contributed by atoms with van der Waals surface area (Å²) in [5.74, 6) is 0.818. The second-order valence-electron chi connectivity index (χ2n) is 6.06. The van der Waals surface area contributed by atoms with Gasteiger partial charge in [-0.3, -0.25) is 9.20 Å². The number of carbonyl (C=O) groups excluding carboxylic acids is 1. The van der Waals surface area contributed by atoms with Crippen LogP contribution in [0.1, 0.15) is 41.5 Å². The van der Waals surface area contributed by atoms with Gasteiger partial charge in [0.15, 0.2) is 0 Å². The van der Waals surface area contributed by atoms with E-state index in [2.05, 4.69) is 27.8 Å². The fraction of sp³-hybridized carbons (Fsp3) is 0.500. The first-order chi connectivity index (χ1) is 9.97. The molecule has 0 N–H and O–H groups in total. The predicted octanol–water partition coefficient (Wildman–Crippen LogP) is 3.59. The number of likely N-dealkylation sites (tertiary alicyclic amines) is 1. The van der Waals surface area contributed by atoms with E-state index in [0.29, 0.717) is 11.6 Å². The van der Waals surface area contributed by atoms with Gasteiger partial charge in [-0.2, -0.15) is 0 Å². The second kappa shape index (κ2) is 5.44. The highest BCUT2D eigenvalue weighted by atomic mass is 79.9. The Kier molecular flexibility index (Phi) is 3.78. The van der Waals surface area contributed by atoms with Crippen molar-refractivity contribution in [2.75, 3.05) is 13.1 Å². The zero-order chi connectivity index (χ0) is 15.1. The van der Waals surface area contributed by atoms with Crippen LogP contribution in [-0.4, -0.2) is 33.3 Å². The first-order valence-electron chi connectivity index (χ1n) is 7.41. The van der Waals surface area contributed by atoms with Crippen LogP contribution in [0.25, 0.3) is 5.65 Å². The third-order valence-electron chi connectivity index (χ3n) is 4.32. The van der Waals surface area contributed by atoms with E-state index in [1.165, 1.54) is 0 Å². The van der Waals surface area contributed by atoms with E-state index in [1.807, 2.05) is 35.4 Å². The number of piperidine rings is 1. The van der Waals surface area contributed by atoms with Crippen LogP contribution in [0.5, 0.6) is 0 Å². The molecule has 1 aliphatic heterocycles. The van der Waals surface area contributed by atoms with Crippen molar-refractivity contribution in [2.45, 2.75) is 33.6 Å². The minimum atomic E-state index is 0.101. The molecule has 4 nitrogen and oxygen atoms in total. The molecule has 0 unspecified atom stereocenters. The molecular formula is C16H20BrN3O. The number of hydrogen-bond donors (Lipinski definition) is 0. The lowest BCUT2D eigenvalue weighted by Gasteiger charge is -2.30. The smallest absolute Gasteiger partial charge is 0.272 e. The molecule has 3 heterocycles. The zero-order valence-electron chi connectivity index (χ0n) is 12.7. The van der Waals surface area contributed by atoms with Crippen LogP contribution >= 0.6 is 15.9 Å². The molecule has 1 amide bonds. The molecule has 1 saturated heterocycles. The van der Waals surface area contributed by atoms with E-state index in [1.54, 1.807) is 0 Å². The first kappa shape index (κ1) is 14.6. The van der Waals surface area contributed by atoms with E-state index in [-0.39, 0.29) is 5.91 Å². The molecule has 112 valence electrons. The number of rotatable bonds is 1. The third kappa shape index (κ3) is 2.59. The number of aromatic nitrogens is 2. The Balaban J connectivity index is 2.03. The lowest BCUT2D eigenvalue weighted by molar-refractivity contribution is 0.0689. The van der Waals surface area contributed by atoms with Gasteiger partial charge in [-0.15, -0.1) is 0 Å². The average Bonchev–Trinajstić information content (AvgIpc) is 2.75. The fourth-order valence-electron chi connectivity index (χ4n) is 3.00. The van der Waals surface area contributed by atoms with Gasteiger partial charge >= 0.3 is 0 Å². The number of hydrogen-bond acceptors (Lipinski definition) is 2. The summed E-state index contributed by atoms with van der Waals surface area (Å²) in [4.78, 5) is 19.4. The molecule has 0 aromatic carbocycles. The summed E-state index contributed by atoms with van der Waals surface area (Å²) in [7, 11) is 0. The van der Waals surface area contributed by atoms with Crippen molar-refractivity contribution in [3.8, 4) is 0 Å². The van der Waals surface area contributed by atoms with Gasteiger partial charge in [0.1, 0.15) is 11.3 Å². The molecule has 0 atom stereocenters. The first-order valence-corrected chi connectivity index (χ1v) is 8.20. The maximum Gasteiger partial charge on any atom is 0.272 e. The minimum Gasteiger partial charge on any atom is -0.337 e. The molecule has 0 radical (unpaired) electrons. The average molecular weight is 350 g/mol. The maximum absolute atomic E-state index is 12.9. The standard InChI is InChI=1S/C16H20BrN3O/c1-10-4-6-19(7-5-10)16(21)14-12(3)18-15-11(2)8-13(17)9-20(14)15/h8-10H,4-7H2,1-3H3. The van der Waals surface area contributed by atoms with E-state index in [4.69, 9.17) is 0 Å². The van der Waals surface area contributed by atoms with Crippen LogP contribution in [0.2, 0.25) is 0 Å². The Hall–Kier alpha value is -1.36. The Morgan fingerprint density at radius 3 is 2.67 bits per heavy atom. The summed E-state index contributed by atoms with van der Waals surface area (Å²) in [5.41, 5.74) is 3.44. The van der Waals surface area contributed by atoms with E-state index in [0.717, 1.165) is 47.3 Å². The highest BCUT2D eigenvalue weighted by Gasteiger charge is 2.26. The number of nitrogens with zero attached hydrogens (tertiary/aromatic N) is 3. The second-order valence-corrected chi connectivity index (χ2v) is 6.97. The predicted molar refractivity (Wildman–Crippen MR) is 86.7 cm³/mol. The number of aryl methyl sites for hydroxylation is 2. The number of imidazole rings is 1. The molecule has 0 aliphatic carbocycles. The fourth-order valence-corrected chi connectivity index (χ4v) is 3.55. The summed E-state index contributed by atoms with van der Waals surface area (Å²) >= 11 is 3.51. The van der Waals surface area contributed by atoms with Gasteiger partial charge in [0.25, 0.3) is 5.91 Å². The van der Waals surface area contributed by atoms with Crippen molar-refractivity contribution in [1.82, 2.24) is 14.3 Å². The highest BCUT2D eigenvalue weighted by Crippen LogP contribution is 2.23. The van der Waals surface area contributed by atoms with Crippen molar-refractivity contribution in [3.63, 3.8) is 0 Å². The molecule has 3 rings (SSSR count). The zero-order valence-corrected chi connectivity index (χ0v) is 14.3. The number of carbonyl (C=O) groups is 1. The summed E-state index contributed by atoms with van der Waals surface area (Å²) in [6.07, 6.45) is 4.11. The Bertz CT molecular complexity index is 699. The van der Waals surface area contributed by atoms with Gasteiger partial charge in [-0.25, -0.2) is 4.98 Å². The lowest BCUT2D eigenvalue weighted by atomic mass is 9.99. The molecule has 2 aromatic heterocycles. The molecule has 1 aliphatic rings. The minimum absolute atomic E-state index is 0.101. The van der Waals surface area contributed by atoms with Gasteiger partial charge in [-0.05, 0) is 60.2 Å². The van der Waals surface area contributed by atoms with Crippen LogP contribution in [0.15, 0.2) is 16.7 Å².